The van der Waals surface area contributed by atoms with Crippen molar-refractivity contribution in [1.82, 2.24) is 0 Å². The van der Waals surface area contributed by atoms with Crippen LogP contribution < -0.4 is 0 Å². The number of allylic oxidation sites excluding steroid dienone is 1. The van der Waals surface area contributed by atoms with Crippen molar-refractivity contribution >= 4 is 0 Å². The predicted molar refractivity (Wildman–Crippen MR) is 70.0 cm³/mol. The third kappa shape index (κ3) is 1.09. The second-order valence-corrected chi connectivity index (χ2v) is 7.98. The van der Waals surface area contributed by atoms with Gasteiger partial charge in [-0.3, -0.25) is 0 Å². The van der Waals surface area contributed by atoms with Gasteiger partial charge in [0.15, 0.2) is 6.29 Å². The average molecular weight is 248 g/mol. The van der Waals surface area contributed by atoms with Crippen molar-refractivity contribution in [2.24, 2.45) is 28.1 Å². The highest BCUT2D eigenvalue weighted by Crippen LogP contribution is 2.81. The van der Waals surface area contributed by atoms with Crippen LogP contribution in [0.15, 0.2) is 11.6 Å². The van der Waals surface area contributed by atoms with Crippen molar-refractivity contribution in [2.45, 2.75) is 46.3 Å². The molecule has 0 N–H and O–H groups in total. The Balaban J connectivity index is 1.78. The molecule has 0 aromatic carbocycles. The van der Waals surface area contributed by atoms with Gasteiger partial charge in [0.2, 0.25) is 0 Å². The molecule has 4 rings (SSSR count). The molecule has 1 saturated heterocycles. The average Bonchev–Trinajstić information content (AvgIpc) is 2.61. The second kappa shape index (κ2) is 3.04. The Morgan fingerprint density at radius 2 is 2.06 bits per heavy atom. The molecule has 0 bridgehead atoms. The zero-order valence-electron chi connectivity index (χ0n) is 12.0. The monoisotopic (exact) mass is 248 g/mol. The van der Waals surface area contributed by atoms with Gasteiger partial charge in [0, 0.05) is 7.11 Å². The quantitative estimate of drug-likeness (QED) is 0.662. The summed E-state index contributed by atoms with van der Waals surface area (Å²) in [4.78, 5) is 0. The van der Waals surface area contributed by atoms with Crippen LogP contribution in [0.25, 0.3) is 0 Å². The Labute approximate surface area is 110 Å². The van der Waals surface area contributed by atoms with Crippen LogP contribution >= 0.6 is 0 Å². The van der Waals surface area contributed by atoms with E-state index in [4.69, 9.17) is 9.47 Å². The fraction of sp³-hybridized carbons (Fsp3) is 0.875. The molecular formula is C16H24O2. The summed E-state index contributed by atoms with van der Waals surface area (Å²) >= 11 is 0. The molecule has 0 amide bonds. The van der Waals surface area contributed by atoms with E-state index in [0.717, 1.165) is 18.4 Å². The fourth-order valence-electron chi connectivity index (χ4n) is 5.63. The molecule has 2 saturated carbocycles. The molecule has 1 aliphatic heterocycles. The van der Waals surface area contributed by atoms with Gasteiger partial charge in [0.25, 0.3) is 0 Å². The summed E-state index contributed by atoms with van der Waals surface area (Å²) in [5, 5.41) is 0. The minimum atomic E-state index is 0.0124. The highest BCUT2D eigenvalue weighted by atomic mass is 16.7. The minimum Gasteiger partial charge on any atom is -0.355 e. The van der Waals surface area contributed by atoms with Crippen molar-refractivity contribution in [3.8, 4) is 0 Å². The van der Waals surface area contributed by atoms with Crippen LogP contribution in [0.3, 0.4) is 0 Å². The SMILES string of the molecule is CO[C@H]1OCC2=C[C@@H]3CC(C)(C)C[C@@H]3[C@@]3(C)C[C@]213. The number of ether oxygens (including phenoxy) is 2. The van der Waals surface area contributed by atoms with E-state index in [1.807, 2.05) is 0 Å². The van der Waals surface area contributed by atoms with Crippen LogP contribution in [-0.4, -0.2) is 20.0 Å². The molecule has 0 radical (unpaired) electrons. The summed E-state index contributed by atoms with van der Waals surface area (Å²) in [6, 6.07) is 0. The third-order valence-corrected chi connectivity index (χ3v) is 6.43. The van der Waals surface area contributed by atoms with Crippen molar-refractivity contribution < 1.29 is 9.47 Å². The zero-order chi connectivity index (χ0) is 12.8. The molecule has 2 heteroatoms. The van der Waals surface area contributed by atoms with Crippen LogP contribution in [0.5, 0.6) is 0 Å². The Morgan fingerprint density at radius 1 is 1.28 bits per heavy atom. The fourth-order valence-corrected chi connectivity index (χ4v) is 5.63. The van der Waals surface area contributed by atoms with Gasteiger partial charge in [-0.1, -0.05) is 26.8 Å². The molecule has 1 spiro atoms. The summed E-state index contributed by atoms with van der Waals surface area (Å²) in [6.07, 6.45) is 6.58. The largest absolute Gasteiger partial charge is 0.355 e. The topological polar surface area (TPSA) is 18.5 Å². The first-order valence-electron chi connectivity index (χ1n) is 7.29. The lowest BCUT2D eigenvalue weighted by atomic mass is 9.69. The van der Waals surface area contributed by atoms with E-state index in [1.54, 1.807) is 12.7 Å². The predicted octanol–water partition coefficient (Wildman–Crippen LogP) is 3.38. The Morgan fingerprint density at radius 3 is 2.78 bits per heavy atom. The molecule has 0 aromatic rings. The molecular weight excluding hydrogens is 224 g/mol. The maximum absolute atomic E-state index is 5.89. The smallest absolute Gasteiger partial charge is 0.167 e. The number of hydrogen-bond acceptors (Lipinski definition) is 2. The van der Waals surface area contributed by atoms with E-state index in [0.29, 0.717) is 10.8 Å². The summed E-state index contributed by atoms with van der Waals surface area (Å²) in [7, 11) is 1.80. The van der Waals surface area contributed by atoms with Crippen LogP contribution in [0.1, 0.15) is 40.0 Å². The highest BCUT2D eigenvalue weighted by Gasteiger charge is 2.78. The molecule has 0 unspecified atom stereocenters. The number of rotatable bonds is 1. The summed E-state index contributed by atoms with van der Waals surface area (Å²) in [5.74, 6) is 1.63. The van der Waals surface area contributed by atoms with Crippen LogP contribution in [0.4, 0.5) is 0 Å². The van der Waals surface area contributed by atoms with E-state index in [2.05, 4.69) is 26.8 Å². The van der Waals surface area contributed by atoms with Gasteiger partial charge in [-0.25, -0.2) is 0 Å². The second-order valence-electron chi connectivity index (χ2n) is 7.98. The Hall–Kier alpha value is -0.340. The first-order valence-corrected chi connectivity index (χ1v) is 7.29. The van der Waals surface area contributed by atoms with E-state index in [-0.39, 0.29) is 11.7 Å². The van der Waals surface area contributed by atoms with Gasteiger partial charge >= 0.3 is 0 Å². The Bertz CT molecular complexity index is 438. The molecule has 100 valence electrons. The minimum absolute atomic E-state index is 0.0124. The summed E-state index contributed by atoms with van der Waals surface area (Å²) in [6.45, 7) is 8.15. The maximum Gasteiger partial charge on any atom is 0.167 e. The number of hydrogen-bond donors (Lipinski definition) is 0. The van der Waals surface area contributed by atoms with E-state index in [9.17, 15) is 0 Å². The van der Waals surface area contributed by atoms with Gasteiger partial charge in [0.05, 0.1) is 12.0 Å². The van der Waals surface area contributed by atoms with E-state index in [1.165, 1.54) is 19.3 Å². The van der Waals surface area contributed by atoms with Crippen LogP contribution in [-0.2, 0) is 9.47 Å². The molecule has 5 atom stereocenters. The zero-order valence-corrected chi connectivity index (χ0v) is 12.0. The lowest BCUT2D eigenvalue weighted by Crippen LogP contribution is -2.34. The first-order chi connectivity index (χ1) is 8.43. The van der Waals surface area contributed by atoms with Gasteiger partial charge in [-0.05, 0) is 47.5 Å². The highest BCUT2D eigenvalue weighted by molar-refractivity contribution is 5.41. The maximum atomic E-state index is 5.89. The molecule has 4 aliphatic rings. The molecule has 2 nitrogen and oxygen atoms in total. The standard InChI is InChI=1S/C16H24O2/c1-14(2)6-10-5-11-8-18-13(17-4)16(11)9-15(16,3)12(10)7-14/h5,10,12-13H,6-9H2,1-4H3/t10-,12+,13+,15-,16+/m1/s1. The van der Waals surface area contributed by atoms with Gasteiger partial charge in [-0.2, -0.15) is 0 Å². The van der Waals surface area contributed by atoms with Gasteiger partial charge in [0.1, 0.15) is 0 Å². The number of fused-ring (bicyclic) bond motifs is 2. The lowest BCUT2D eigenvalue weighted by Gasteiger charge is -2.35. The molecule has 3 fully saturated rings. The number of methoxy groups -OCH3 is 1. The van der Waals surface area contributed by atoms with Gasteiger partial charge < -0.3 is 9.47 Å². The third-order valence-electron chi connectivity index (χ3n) is 6.43. The normalized spacial score (nSPS) is 55.6. The first kappa shape index (κ1) is 11.5. The van der Waals surface area contributed by atoms with Crippen molar-refractivity contribution in [1.29, 1.82) is 0 Å². The van der Waals surface area contributed by atoms with E-state index >= 15 is 0 Å². The van der Waals surface area contributed by atoms with E-state index < -0.39 is 0 Å². The molecule has 0 aromatic heterocycles. The van der Waals surface area contributed by atoms with Crippen molar-refractivity contribution in [3.63, 3.8) is 0 Å². The summed E-state index contributed by atoms with van der Waals surface area (Å²) in [5.41, 5.74) is 2.74. The molecule has 18 heavy (non-hydrogen) atoms. The van der Waals surface area contributed by atoms with Crippen LogP contribution in [0, 0.1) is 28.1 Å². The van der Waals surface area contributed by atoms with Crippen LogP contribution in [0.2, 0.25) is 0 Å². The van der Waals surface area contributed by atoms with Crippen molar-refractivity contribution in [2.75, 3.05) is 13.7 Å². The summed E-state index contributed by atoms with van der Waals surface area (Å²) < 4.78 is 11.5. The van der Waals surface area contributed by atoms with Crippen molar-refractivity contribution in [3.05, 3.63) is 11.6 Å². The molecule has 3 aliphatic carbocycles. The lowest BCUT2D eigenvalue weighted by molar-refractivity contribution is -0.127. The Kier molecular flexibility index (Phi) is 1.94. The molecule has 1 heterocycles. The van der Waals surface area contributed by atoms with Gasteiger partial charge in [-0.15, -0.1) is 0 Å².